The molecule has 192 valence electrons. The molecule has 0 unspecified atom stereocenters. The van der Waals surface area contributed by atoms with Crippen LogP contribution < -0.4 is 10.9 Å². The minimum Gasteiger partial charge on any atom is -0.363 e. The number of aryl methyl sites for hydroxylation is 1. The lowest BCUT2D eigenvalue weighted by atomic mass is 9.99. The highest BCUT2D eigenvalue weighted by molar-refractivity contribution is 5.89. The summed E-state index contributed by atoms with van der Waals surface area (Å²) in [5, 5.41) is 3.44. The minimum atomic E-state index is -4.31. The maximum Gasteiger partial charge on any atom is 0.401 e. The zero-order valence-corrected chi connectivity index (χ0v) is 19.4. The first kappa shape index (κ1) is 25.7. The highest BCUT2D eigenvalue weighted by Gasteiger charge is 2.31. The van der Waals surface area contributed by atoms with Crippen molar-refractivity contribution >= 4 is 22.4 Å². The number of nitrogens with zero attached hydrogens (tertiary/aromatic N) is 4. The van der Waals surface area contributed by atoms with Crippen molar-refractivity contribution in [3.63, 3.8) is 0 Å². The molecular formula is C24H23F6N5O. The second kappa shape index (κ2) is 9.92. The number of anilines is 1. The predicted molar refractivity (Wildman–Crippen MR) is 123 cm³/mol. The molecule has 0 amide bonds. The summed E-state index contributed by atoms with van der Waals surface area (Å²) in [6.07, 6.45) is -4.22. The molecule has 6 nitrogen and oxygen atoms in total. The molecule has 1 atom stereocenters. The van der Waals surface area contributed by atoms with Crippen molar-refractivity contribution in [2.45, 2.75) is 32.0 Å². The summed E-state index contributed by atoms with van der Waals surface area (Å²) in [4.78, 5) is 22.6. The van der Waals surface area contributed by atoms with Crippen LogP contribution in [0.25, 0.3) is 16.6 Å². The molecule has 2 aromatic heterocycles. The molecule has 1 aliphatic rings. The number of aromatic nitrogens is 3. The Balaban J connectivity index is 1.69. The molecule has 36 heavy (non-hydrogen) atoms. The van der Waals surface area contributed by atoms with Gasteiger partial charge in [0.2, 0.25) is 0 Å². The monoisotopic (exact) mass is 511 g/mol. The molecule has 0 aliphatic carbocycles. The minimum absolute atomic E-state index is 0.0179. The number of halogens is 6. The number of nitrogens with one attached hydrogen (secondary N) is 1. The van der Waals surface area contributed by atoms with Crippen molar-refractivity contribution < 1.29 is 26.3 Å². The summed E-state index contributed by atoms with van der Waals surface area (Å²) >= 11 is 0. The first-order valence-corrected chi connectivity index (χ1v) is 11.1. The van der Waals surface area contributed by atoms with Gasteiger partial charge in [-0.05, 0) is 25.0 Å². The number of benzene rings is 1. The molecule has 0 saturated heterocycles. The van der Waals surface area contributed by atoms with Crippen molar-refractivity contribution in [2.75, 3.05) is 25.0 Å². The van der Waals surface area contributed by atoms with Gasteiger partial charge in [0.05, 0.1) is 23.5 Å². The highest BCUT2D eigenvalue weighted by atomic mass is 19.4. The normalized spacial score (nSPS) is 15.9. The second-order valence-corrected chi connectivity index (χ2v) is 8.63. The second-order valence-electron chi connectivity index (χ2n) is 8.63. The third-order valence-electron chi connectivity index (χ3n) is 6.16. The van der Waals surface area contributed by atoms with Crippen LogP contribution in [0.1, 0.15) is 42.5 Å². The standard InChI is InChI=1S/C24H23F6N5O/c1-13(15-4-3-5-16(19(15)25)20(26)27)33-21-18-10-17(23(36)34(2)22(18)32-12-31-21)14-6-8-35(9-7-14)11-24(28,29)30/h3-6,10,12-13,20H,7-9,11H2,1-2H3,(H,31,32,33)/t13-/m1/s1. The predicted octanol–water partition coefficient (Wildman–Crippen LogP) is 5.23. The van der Waals surface area contributed by atoms with Crippen molar-refractivity contribution in [1.29, 1.82) is 0 Å². The van der Waals surface area contributed by atoms with E-state index in [0.717, 1.165) is 6.07 Å². The molecule has 3 heterocycles. The SMILES string of the molecule is C[C@@H](Nc1ncnc2c1cc(C1=CCN(CC(F)(F)F)CC1)c(=O)n2C)c1cccc(C(F)F)c1F. The Kier molecular flexibility index (Phi) is 7.07. The van der Waals surface area contributed by atoms with E-state index in [1.54, 1.807) is 19.1 Å². The average molecular weight is 511 g/mol. The van der Waals surface area contributed by atoms with E-state index in [1.165, 1.54) is 35.0 Å². The van der Waals surface area contributed by atoms with Crippen molar-refractivity contribution in [2.24, 2.45) is 7.05 Å². The molecule has 0 radical (unpaired) electrons. The third-order valence-corrected chi connectivity index (χ3v) is 6.16. The first-order chi connectivity index (χ1) is 17.0. The Morgan fingerprint density at radius 3 is 2.53 bits per heavy atom. The first-order valence-electron chi connectivity index (χ1n) is 11.1. The van der Waals surface area contributed by atoms with Crippen LogP contribution in [0.15, 0.2) is 41.5 Å². The van der Waals surface area contributed by atoms with Crippen LogP contribution in [0.4, 0.5) is 32.2 Å². The van der Waals surface area contributed by atoms with Gasteiger partial charge in [-0.2, -0.15) is 13.2 Å². The molecule has 0 bridgehead atoms. The molecule has 1 N–H and O–H groups in total. The molecule has 3 aromatic rings. The lowest BCUT2D eigenvalue weighted by Crippen LogP contribution is -2.37. The van der Waals surface area contributed by atoms with Gasteiger partial charge in [0.15, 0.2) is 0 Å². The number of rotatable bonds is 6. The van der Waals surface area contributed by atoms with Gasteiger partial charge in [0.1, 0.15) is 23.6 Å². The van der Waals surface area contributed by atoms with Gasteiger partial charge in [-0.15, -0.1) is 0 Å². The van der Waals surface area contributed by atoms with Crippen molar-refractivity contribution in [1.82, 2.24) is 19.4 Å². The highest BCUT2D eigenvalue weighted by Crippen LogP contribution is 2.31. The zero-order chi connectivity index (χ0) is 26.2. The third kappa shape index (κ3) is 5.23. The summed E-state index contributed by atoms with van der Waals surface area (Å²) in [5.41, 5.74) is 0.130. The van der Waals surface area contributed by atoms with Crippen molar-refractivity contribution in [3.8, 4) is 0 Å². The lowest BCUT2D eigenvalue weighted by molar-refractivity contribution is -0.144. The Morgan fingerprint density at radius 1 is 1.17 bits per heavy atom. The maximum absolute atomic E-state index is 14.7. The summed E-state index contributed by atoms with van der Waals surface area (Å²) < 4.78 is 80.4. The fourth-order valence-electron chi connectivity index (χ4n) is 4.32. The van der Waals surface area contributed by atoms with Gasteiger partial charge in [-0.3, -0.25) is 14.3 Å². The smallest absolute Gasteiger partial charge is 0.363 e. The van der Waals surface area contributed by atoms with Crippen LogP contribution in [-0.2, 0) is 7.05 Å². The molecule has 12 heteroatoms. The Hall–Kier alpha value is -3.41. The maximum atomic E-state index is 14.7. The van der Waals surface area contributed by atoms with Gasteiger partial charge in [0.25, 0.3) is 12.0 Å². The molecule has 0 spiro atoms. The van der Waals surface area contributed by atoms with Crippen LogP contribution >= 0.6 is 0 Å². The van der Waals surface area contributed by atoms with E-state index in [1.807, 2.05) is 0 Å². The van der Waals surface area contributed by atoms with Gasteiger partial charge in [-0.25, -0.2) is 23.1 Å². The average Bonchev–Trinajstić information content (AvgIpc) is 2.81. The molecule has 1 aliphatic heterocycles. The summed E-state index contributed by atoms with van der Waals surface area (Å²) in [6, 6.07) is 4.56. The van der Waals surface area contributed by atoms with Crippen LogP contribution in [-0.4, -0.2) is 45.2 Å². The van der Waals surface area contributed by atoms with Gasteiger partial charge in [-0.1, -0.05) is 24.3 Å². The van der Waals surface area contributed by atoms with Gasteiger partial charge in [0, 0.05) is 31.3 Å². The quantitative estimate of drug-likeness (QED) is 0.460. The van der Waals surface area contributed by atoms with Crippen LogP contribution in [0.3, 0.4) is 0 Å². The van der Waals surface area contributed by atoms with E-state index in [9.17, 15) is 31.1 Å². The van der Waals surface area contributed by atoms with E-state index >= 15 is 0 Å². The van der Waals surface area contributed by atoms with E-state index < -0.39 is 36.6 Å². The van der Waals surface area contributed by atoms with E-state index in [4.69, 9.17) is 0 Å². The molecule has 0 saturated carbocycles. The summed E-state index contributed by atoms with van der Waals surface area (Å²) in [5.74, 6) is -0.768. The zero-order valence-electron chi connectivity index (χ0n) is 19.4. The fraction of sp³-hybridized carbons (Fsp3) is 0.375. The summed E-state index contributed by atoms with van der Waals surface area (Å²) in [6.45, 7) is 0.738. The summed E-state index contributed by atoms with van der Waals surface area (Å²) in [7, 11) is 1.51. The fourth-order valence-corrected chi connectivity index (χ4v) is 4.32. The molecule has 0 fully saturated rings. The number of fused-ring (bicyclic) bond motifs is 1. The number of alkyl halides is 5. The Morgan fingerprint density at radius 2 is 1.89 bits per heavy atom. The Labute approximate surface area is 202 Å². The van der Waals surface area contributed by atoms with Crippen molar-refractivity contribution in [3.05, 3.63) is 69.5 Å². The Bertz CT molecular complexity index is 1370. The van der Waals surface area contributed by atoms with Crippen LogP contribution in [0, 0.1) is 5.82 Å². The number of hydrogen-bond acceptors (Lipinski definition) is 5. The topological polar surface area (TPSA) is 63.1 Å². The number of pyridine rings is 1. The number of hydrogen-bond donors (Lipinski definition) is 1. The van der Waals surface area contributed by atoms with E-state index in [2.05, 4.69) is 15.3 Å². The largest absolute Gasteiger partial charge is 0.401 e. The van der Waals surface area contributed by atoms with Crippen LogP contribution in [0.2, 0.25) is 0 Å². The molecule has 4 rings (SSSR count). The van der Waals surface area contributed by atoms with Gasteiger partial charge >= 0.3 is 6.18 Å². The van der Waals surface area contributed by atoms with Gasteiger partial charge < -0.3 is 5.32 Å². The van der Waals surface area contributed by atoms with Crippen LogP contribution in [0.5, 0.6) is 0 Å². The van der Waals surface area contributed by atoms with E-state index in [-0.39, 0.29) is 42.1 Å². The lowest BCUT2D eigenvalue weighted by Gasteiger charge is -2.27. The molecular weight excluding hydrogens is 488 g/mol. The van der Waals surface area contributed by atoms with E-state index in [0.29, 0.717) is 16.5 Å². The molecule has 1 aromatic carbocycles.